The minimum atomic E-state index is -1.04. The summed E-state index contributed by atoms with van der Waals surface area (Å²) in [6.45, 7) is 1.87. The van der Waals surface area contributed by atoms with Gasteiger partial charge in [0.15, 0.2) is 5.17 Å². The van der Waals surface area contributed by atoms with Crippen LogP contribution in [0, 0.1) is 6.92 Å². The Balaban J connectivity index is 1.65. The number of hydrogen-bond donors (Lipinski definition) is 2. The highest BCUT2D eigenvalue weighted by atomic mass is 35.5. The van der Waals surface area contributed by atoms with Gasteiger partial charge < -0.3 is 10.4 Å². The fraction of sp³-hybridized carbons (Fsp3) is 0.200. The first-order valence-electron chi connectivity index (χ1n) is 8.67. The summed E-state index contributed by atoms with van der Waals surface area (Å²) in [6.07, 6.45) is -0.0206. The zero-order valence-electron chi connectivity index (χ0n) is 15.7. The number of hydrogen-bond acceptors (Lipinski definition) is 5. The SMILES string of the molecule is Cc1cc(N=C2S[C@H](CC(=O)Nc3ccc(C(=O)O)cc3)C(=O)N2C)ccc1Cl. The molecule has 1 saturated heterocycles. The van der Waals surface area contributed by atoms with Crippen LogP contribution in [0.4, 0.5) is 11.4 Å². The second-order valence-electron chi connectivity index (χ2n) is 6.47. The van der Waals surface area contributed by atoms with E-state index < -0.39 is 11.2 Å². The van der Waals surface area contributed by atoms with Crippen LogP contribution < -0.4 is 5.32 Å². The summed E-state index contributed by atoms with van der Waals surface area (Å²) in [7, 11) is 1.62. The first-order chi connectivity index (χ1) is 13.7. The number of carboxylic acids is 1. The van der Waals surface area contributed by atoms with E-state index in [4.69, 9.17) is 16.7 Å². The molecule has 0 aliphatic carbocycles. The minimum absolute atomic E-state index is 0.0206. The molecular weight excluding hydrogens is 414 g/mol. The molecule has 1 heterocycles. The Bertz CT molecular complexity index is 1010. The Morgan fingerprint density at radius 2 is 1.93 bits per heavy atom. The second-order valence-corrected chi connectivity index (χ2v) is 8.04. The van der Waals surface area contributed by atoms with Gasteiger partial charge >= 0.3 is 5.97 Å². The lowest BCUT2D eigenvalue weighted by atomic mass is 10.2. The largest absolute Gasteiger partial charge is 0.478 e. The minimum Gasteiger partial charge on any atom is -0.478 e. The molecule has 1 atom stereocenters. The van der Waals surface area contributed by atoms with Gasteiger partial charge in [0, 0.05) is 24.2 Å². The van der Waals surface area contributed by atoms with Gasteiger partial charge in [-0.05, 0) is 55.0 Å². The van der Waals surface area contributed by atoms with Crippen LogP contribution in [0.15, 0.2) is 47.5 Å². The highest BCUT2D eigenvalue weighted by Gasteiger charge is 2.37. The average molecular weight is 432 g/mol. The van der Waals surface area contributed by atoms with Crippen molar-refractivity contribution in [1.29, 1.82) is 0 Å². The second kappa shape index (κ2) is 8.67. The summed E-state index contributed by atoms with van der Waals surface area (Å²) in [5.74, 6) is -1.58. The normalized spacial score (nSPS) is 17.6. The van der Waals surface area contributed by atoms with Crippen molar-refractivity contribution in [2.45, 2.75) is 18.6 Å². The van der Waals surface area contributed by atoms with Gasteiger partial charge in [-0.15, -0.1) is 0 Å². The average Bonchev–Trinajstić information content (AvgIpc) is 2.93. The number of nitrogens with zero attached hydrogens (tertiary/aromatic N) is 2. The summed E-state index contributed by atoms with van der Waals surface area (Å²) >= 11 is 7.26. The lowest BCUT2D eigenvalue weighted by Gasteiger charge is -2.09. The van der Waals surface area contributed by atoms with Crippen molar-refractivity contribution < 1.29 is 19.5 Å². The first kappa shape index (κ1) is 20.9. The van der Waals surface area contributed by atoms with Crippen LogP contribution in [0.25, 0.3) is 0 Å². The van der Waals surface area contributed by atoms with E-state index in [-0.39, 0.29) is 23.8 Å². The molecule has 2 N–H and O–H groups in total. The molecule has 1 fully saturated rings. The van der Waals surface area contributed by atoms with Gasteiger partial charge in [-0.25, -0.2) is 9.79 Å². The number of anilines is 1. The summed E-state index contributed by atoms with van der Waals surface area (Å²) in [4.78, 5) is 41.6. The third-order valence-corrected chi connectivity index (χ3v) is 5.95. The molecule has 0 saturated carbocycles. The Kier molecular flexibility index (Phi) is 6.24. The van der Waals surface area contributed by atoms with E-state index in [1.807, 2.05) is 13.0 Å². The van der Waals surface area contributed by atoms with E-state index in [1.54, 1.807) is 19.2 Å². The first-order valence-corrected chi connectivity index (χ1v) is 9.92. The van der Waals surface area contributed by atoms with Crippen molar-refractivity contribution >= 4 is 57.7 Å². The third-order valence-electron chi connectivity index (χ3n) is 4.29. The molecule has 0 spiro atoms. The van der Waals surface area contributed by atoms with Crippen molar-refractivity contribution in [3.8, 4) is 0 Å². The third kappa shape index (κ3) is 4.96. The summed E-state index contributed by atoms with van der Waals surface area (Å²) in [6, 6.07) is 11.2. The topological polar surface area (TPSA) is 99.1 Å². The van der Waals surface area contributed by atoms with Crippen molar-refractivity contribution in [2.24, 2.45) is 4.99 Å². The van der Waals surface area contributed by atoms with Gasteiger partial charge in [-0.1, -0.05) is 23.4 Å². The monoisotopic (exact) mass is 431 g/mol. The van der Waals surface area contributed by atoms with Gasteiger partial charge in [0.25, 0.3) is 0 Å². The van der Waals surface area contributed by atoms with Crippen molar-refractivity contribution in [3.63, 3.8) is 0 Å². The fourth-order valence-electron chi connectivity index (χ4n) is 2.68. The number of carbonyl (C=O) groups is 3. The summed E-state index contributed by atoms with van der Waals surface area (Å²) < 4.78 is 0. The highest BCUT2D eigenvalue weighted by Crippen LogP contribution is 2.31. The number of aryl methyl sites for hydroxylation is 1. The fourth-order valence-corrected chi connectivity index (χ4v) is 3.95. The van der Waals surface area contributed by atoms with Crippen molar-refractivity contribution in [3.05, 3.63) is 58.6 Å². The quantitative estimate of drug-likeness (QED) is 0.747. The summed E-state index contributed by atoms with van der Waals surface area (Å²) in [5, 5.41) is 12.2. The zero-order chi connectivity index (χ0) is 21.1. The number of thioether (sulfide) groups is 1. The molecule has 0 unspecified atom stereocenters. The Labute approximate surface area is 176 Å². The maximum atomic E-state index is 12.5. The van der Waals surface area contributed by atoms with Crippen LogP contribution in [0.5, 0.6) is 0 Å². The molecule has 3 rings (SSSR count). The van der Waals surface area contributed by atoms with Gasteiger partial charge in [0.1, 0.15) is 5.25 Å². The number of carboxylic acid groups (broad SMARTS) is 1. The highest BCUT2D eigenvalue weighted by molar-refractivity contribution is 8.15. The molecule has 7 nitrogen and oxygen atoms in total. The Hall–Kier alpha value is -2.84. The number of amides is 2. The lowest BCUT2D eigenvalue weighted by molar-refractivity contribution is -0.127. The lowest BCUT2D eigenvalue weighted by Crippen LogP contribution is -2.30. The molecular formula is C20H18ClN3O4S. The van der Waals surface area contributed by atoms with E-state index in [2.05, 4.69) is 10.3 Å². The molecule has 2 aromatic rings. The van der Waals surface area contributed by atoms with Gasteiger partial charge in [0.05, 0.1) is 11.3 Å². The van der Waals surface area contributed by atoms with Crippen LogP contribution >= 0.6 is 23.4 Å². The number of halogens is 1. The van der Waals surface area contributed by atoms with Crippen molar-refractivity contribution in [1.82, 2.24) is 4.90 Å². The zero-order valence-corrected chi connectivity index (χ0v) is 17.3. The predicted octanol–water partition coefficient (Wildman–Crippen LogP) is 3.94. The van der Waals surface area contributed by atoms with E-state index in [0.717, 1.165) is 5.56 Å². The smallest absolute Gasteiger partial charge is 0.335 e. The number of benzene rings is 2. The Morgan fingerprint density at radius 3 is 2.55 bits per heavy atom. The molecule has 0 radical (unpaired) electrons. The molecule has 2 amide bonds. The van der Waals surface area contributed by atoms with E-state index in [1.165, 1.54) is 40.9 Å². The summed E-state index contributed by atoms with van der Waals surface area (Å²) in [5.41, 5.74) is 2.16. The molecule has 1 aliphatic rings. The molecule has 2 aromatic carbocycles. The van der Waals surface area contributed by atoms with E-state index >= 15 is 0 Å². The van der Waals surface area contributed by atoms with Crippen LogP contribution in [0.1, 0.15) is 22.3 Å². The maximum absolute atomic E-state index is 12.5. The van der Waals surface area contributed by atoms with Gasteiger partial charge in [-0.3, -0.25) is 14.5 Å². The van der Waals surface area contributed by atoms with E-state index in [0.29, 0.717) is 21.6 Å². The van der Waals surface area contributed by atoms with Crippen molar-refractivity contribution in [2.75, 3.05) is 12.4 Å². The predicted molar refractivity (Wildman–Crippen MR) is 114 cm³/mol. The molecule has 29 heavy (non-hydrogen) atoms. The Morgan fingerprint density at radius 1 is 1.24 bits per heavy atom. The van der Waals surface area contributed by atoms with Crippen LogP contribution in [0.2, 0.25) is 5.02 Å². The van der Waals surface area contributed by atoms with E-state index in [9.17, 15) is 14.4 Å². The molecule has 0 aromatic heterocycles. The standard InChI is InChI=1S/C20H18ClN3O4S/c1-11-9-14(7-8-15(11)21)23-20-24(2)18(26)16(29-20)10-17(25)22-13-5-3-12(4-6-13)19(27)28/h3-9,16H,10H2,1-2H3,(H,22,25)(H,27,28)/t16-/m1/s1. The van der Waals surface area contributed by atoms with Crippen LogP contribution in [-0.2, 0) is 9.59 Å². The maximum Gasteiger partial charge on any atom is 0.335 e. The van der Waals surface area contributed by atoms with Crippen LogP contribution in [-0.4, -0.2) is 45.3 Å². The molecule has 0 bridgehead atoms. The number of nitrogens with one attached hydrogen (secondary N) is 1. The van der Waals surface area contributed by atoms with Crippen LogP contribution in [0.3, 0.4) is 0 Å². The van der Waals surface area contributed by atoms with Gasteiger partial charge in [-0.2, -0.15) is 0 Å². The number of amidine groups is 1. The number of rotatable bonds is 5. The molecule has 9 heteroatoms. The molecule has 150 valence electrons. The molecule has 1 aliphatic heterocycles. The number of aliphatic imine (C=N–C) groups is 1. The number of carbonyl (C=O) groups excluding carboxylic acids is 2. The number of aromatic carboxylic acids is 1. The van der Waals surface area contributed by atoms with Gasteiger partial charge in [0.2, 0.25) is 11.8 Å².